The van der Waals surface area contributed by atoms with Crippen LogP contribution in [0.25, 0.3) is 0 Å². The van der Waals surface area contributed by atoms with E-state index in [1.165, 1.54) is 6.08 Å². The molecule has 0 amide bonds. The van der Waals surface area contributed by atoms with E-state index in [0.717, 1.165) is 6.42 Å². The van der Waals surface area contributed by atoms with Gasteiger partial charge in [-0.3, -0.25) is 4.79 Å². The second kappa shape index (κ2) is 7.95. The summed E-state index contributed by atoms with van der Waals surface area (Å²) in [5.74, 6) is -0.588. The third kappa shape index (κ3) is 3.27. The molecule has 192 valence electrons. The Bertz CT molecular complexity index is 922. The van der Waals surface area contributed by atoms with Crippen LogP contribution in [0.5, 0.6) is 0 Å². The average Bonchev–Trinajstić information content (AvgIpc) is 3.02. The van der Waals surface area contributed by atoms with E-state index in [9.17, 15) is 35.4 Å². The molecule has 0 aromatic carbocycles. The van der Waals surface area contributed by atoms with E-state index in [0.29, 0.717) is 42.7 Å². The summed E-state index contributed by atoms with van der Waals surface area (Å²) in [6.07, 6.45) is 2.19. The Labute approximate surface area is 202 Å². The third-order valence-corrected chi connectivity index (χ3v) is 10.1. The summed E-state index contributed by atoms with van der Waals surface area (Å²) in [7, 11) is 0. The van der Waals surface area contributed by atoms with Crippen LogP contribution in [0.15, 0.2) is 23.3 Å². The number of carbonyl (C=O) groups excluding carboxylic acids is 1. The van der Waals surface area contributed by atoms with Gasteiger partial charge in [0.05, 0.1) is 29.5 Å². The molecule has 0 spiro atoms. The van der Waals surface area contributed by atoms with Gasteiger partial charge in [-0.15, -0.1) is 0 Å². The molecule has 0 unspecified atom stereocenters. The predicted octanol–water partition coefficient (Wildman–Crippen LogP) is 1.77. The van der Waals surface area contributed by atoms with Crippen molar-refractivity contribution in [1.82, 2.24) is 0 Å². The van der Waals surface area contributed by atoms with E-state index in [2.05, 4.69) is 13.8 Å². The minimum Gasteiger partial charge on any atom is -0.390 e. The second-order valence-electron chi connectivity index (χ2n) is 12.6. The SMILES string of the molecule is CC(C)CC[C@@H](O)[C@@](C)(O)[C@H]1CC[C@@]2(O)C3=CC(=O)[C@]4(O)C[C@@H](O)[C@@H](O)C[C@]4(C)C3=CC[C@]12C. The number of carbonyl (C=O) groups is 1. The number of fused-ring (bicyclic) bond motifs is 5. The fraction of sp³-hybridized carbons (Fsp3) is 0.815. The summed E-state index contributed by atoms with van der Waals surface area (Å²) in [6, 6.07) is 0. The van der Waals surface area contributed by atoms with Gasteiger partial charge >= 0.3 is 0 Å². The molecule has 0 aromatic heterocycles. The summed E-state index contributed by atoms with van der Waals surface area (Å²) in [5.41, 5.74) is -5.61. The van der Waals surface area contributed by atoms with Crippen molar-refractivity contribution in [3.8, 4) is 0 Å². The van der Waals surface area contributed by atoms with Crippen LogP contribution in [-0.4, -0.2) is 71.5 Å². The number of allylic oxidation sites excluding steroid dienone is 1. The van der Waals surface area contributed by atoms with Crippen molar-refractivity contribution in [2.45, 2.75) is 115 Å². The zero-order valence-corrected chi connectivity index (χ0v) is 21.1. The van der Waals surface area contributed by atoms with Gasteiger partial charge in [-0.05, 0) is 74.5 Å². The highest BCUT2D eigenvalue weighted by Gasteiger charge is 2.69. The van der Waals surface area contributed by atoms with Gasteiger partial charge in [-0.2, -0.15) is 0 Å². The number of hydrogen-bond donors (Lipinski definition) is 6. The molecule has 7 heteroatoms. The lowest BCUT2D eigenvalue weighted by Crippen LogP contribution is -2.66. The molecule has 0 saturated heterocycles. The van der Waals surface area contributed by atoms with E-state index in [4.69, 9.17) is 0 Å². The van der Waals surface area contributed by atoms with Gasteiger partial charge in [0.2, 0.25) is 0 Å². The van der Waals surface area contributed by atoms with E-state index in [1.807, 2.05) is 13.0 Å². The molecule has 0 aromatic rings. The first-order valence-corrected chi connectivity index (χ1v) is 12.7. The van der Waals surface area contributed by atoms with Crippen molar-refractivity contribution < 1.29 is 35.4 Å². The topological polar surface area (TPSA) is 138 Å². The Morgan fingerprint density at radius 2 is 1.68 bits per heavy atom. The molecule has 0 aliphatic heterocycles. The molecular formula is C27H42O7. The van der Waals surface area contributed by atoms with Crippen LogP contribution >= 0.6 is 0 Å². The highest BCUT2D eigenvalue weighted by molar-refractivity contribution is 6.02. The van der Waals surface area contributed by atoms with Gasteiger partial charge in [-0.25, -0.2) is 0 Å². The van der Waals surface area contributed by atoms with Gasteiger partial charge in [0.15, 0.2) is 5.78 Å². The maximum absolute atomic E-state index is 13.3. The van der Waals surface area contributed by atoms with Crippen LogP contribution in [0.1, 0.15) is 79.6 Å². The Morgan fingerprint density at radius 1 is 1.06 bits per heavy atom. The number of hydrogen-bond acceptors (Lipinski definition) is 7. The maximum Gasteiger partial charge on any atom is 0.188 e. The number of aliphatic hydroxyl groups excluding tert-OH is 3. The molecule has 9 atom stereocenters. The maximum atomic E-state index is 13.3. The molecule has 6 N–H and O–H groups in total. The van der Waals surface area contributed by atoms with Crippen LogP contribution in [-0.2, 0) is 4.79 Å². The van der Waals surface area contributed by atoms with E-state index in [-0.39, 0.29) is 12.8 Å². The second-order valence-corrected chi connectivity index (χ2v) is 12.6. The Kier molecular flexibility index (Phi) is 6.08. The standard InChI is InChI=1S/C27H42O7/c1-15(2)6-7-21(30)25(5,32)20-9-11-26(33)17-12-22(31)27(34)14-19(29)18(28)13-24(27,4)16(17)8-10-23(20,26)3/h8,12,15,18-21,28-30,32-34H,6-7,9-11,13-14H2,1-5H3/t18-,19+,20-,21+,23+,24+,25-,26+,27+/m0/s1. The van der Waals surface area contributed by atoms with Crippen LogP contribution in [0.3, 0.4) is 0 Å². The molecule has 34 heavy (non-hydrogen) atoms. The predicted molar refractivity (Wildman–Crippen MR) is 127 cm³/mol. The van der Waals surface area contributed by atoms with Crippen LogP contribution in [0, 0.1) is 22.7 Å². The number of ketones is 1. The zero-order chi connectivity index (χ0) is 25.5. The number of rotatable bonds is 5. The molecule has 4 rings (SSSR count). The normalized spacial score (nSPS) is 46.7. The molecule has 0 heterocycles. The van der Waals surface area contributed by atoms with Crippen molar-refractivity contribution in [2.24, 2.45) is 22.7 Å². The third-order valence-electron chi connectivity index (χ3n) is 10.1. The summed E-state index contributed by atoms with van der Waals surface area (Å²) in [5, 5.41) is 66.7. The lowest BCUT2D eigenvalue weighted by molar-refractivity contribution is -0.180. The molecule has 7 nitrogen and oxygen atoms in total. The molecule has 4 aliphatic rings. The minimum absolute atomic E-state index is 0.00142. The van der Waals surface area contributed by atoms with Gasteiger partial charge in [-0.1, -0.05) is 33.8 Å². The largest absolute Gasteiger partial charge is 0.390 e. The summed E-state index contributed by atoms with van der Waals surface area (Å²) < 4.78 is 0. The van der Waals surface area contributed by atoms with Gasteiger partial charge in [0.1, 0.15) is 5.60 Å². The quantitative estimate of drug-likeness (QED) is 0.354. The lowest BCUT2D eigenvalue weighted by atomic mass is 9.48. The van der Waals surface area contributed by atoms with E-state index < -0.39 is 57.6 Å². The van der Waals surface area contributed by atoms with Crippen molar-refractivity contribution in [3.63, 3.8) is 0 Å². The molecule has 2 fully saturated rings. The van der Waals surface area contributed by atoms with Crippen LogP contribution in [0.2, 0.25) is 0 Å². The molecule has 0 radical (unpaired) electrons. The van der Waals surface area contributed by atoms with Crippen molar-refractivity contribution in [2.75, 3.05) is 0 Å². The summed E-state index contributed by atoms with van der Waals surface area (Å²) in [4.78, 5) is 13.3. The van der Waals surface area contributed by atoms with Crippen molar-refractivity contribution >= 4 is 5.78 Å². The average molecular weight is 479 g/mol. The molecular weight excluding hydrogens is 436 g/mol. The van der Waals surface area contributed by atoms with E-state index >= 15 is 0 Å². The first-order valence-electron chi connectivity index (χ1n) is 12.7. The summed E-state index contributed by atoms with van der Waals surface area (Å²) in [6.45, 7) is 9.43. The summed E-state index contributed by atoms with van der Waals surface area (Å²) >= 11 is 0. The fourth-order valence-corrected chi connectivity index (χ4v) is 7.66. The first kappa shape index (κ1) is 26.0. The molecule has 4 aliphatic carbocycles. The Hall–Kier alpha value is -1.09. The molecule has 2 saturated carbocycles. The first-order chi connectivity index (χ1) is 15.5. The van der Waals surface area contributed by atoms with Crippen LogP contribution in [0.4, 0.5) is 0 Å². The van der Waals surface area contributed by atoms with Gasteiger partial charge in [0.25, 0.3) is 0 Å². The highest BCUT2D eigenvalue weighted by atomic mass is 16.3. The van der Waals surface area contributed by atoms with Crippen molar-refractivity contribution in [1.29, 1.82) is 0 Å². The fourth-order valence-electron chi connectivity index (χ4n) is 7.66. The zero-order valence-electron chi connectivity index (χ0n) is 21.1. The van der Waals surface area contributed by atoms with Crippen LogP contribution < -0.4 is 0 Å². The van der Waals surface area contributed by atoms with Gasteiger partial charge in [0, 0.05) is 17.3 Å². The minimum atomic E-state index is -1.86. The van der Waals surface area contributed by atoms with E-state index in [1.54, 1.807) is 13.8 Å². The lowest BCUT2D eigenvalue weighted by Gasteiger charge is -2.59. The van der Waals surface area contributed by atoms with Crippen molar-refractivity contribution in [3.05, 3.63) is 23.3 Å². The highest BCUT2D eigenvalue weighted by Crippen LogP contribution is 2.67. The smallest absolute Gasteiger partial charge is 0.188 e. The monoisotopic (exact) mass is 478 g/mol. The molecule has 0 bridgehead atoms. The van der Waals surface area contributed by atoms with Gasteiger partial charge < -0.3 is 30.6 Å². The Balaban J connectivity index is 1.75. The Morgan fingerprint density at radius 3 is 2.29 bits per heavy atom. The number of aliphatic hydroxyl groups is 6.